The molecule has 0 aromatic heterocycles. The van der Waals surface area contributed by atoms with Crippen molar-refractivity contribution in [1.29, 1.82) is 0 Å². The lowest BCUT2D eigenvalue weighted by molar-refractivity contribution is -0.122. The van der Waals surface area contributed by atoms with Crippen LogP contribution in [0.3, 0.4) is 0 Å². The number of fused-ring (bicyclic) bond motifs is 1. The summed E-state index contributed by atoms with van der Waals surface area (Å²) < 4.78 is 11.5. The molecule has 4 aromatic rings. The Morgan fingerprint density at radius 3 is 2.43 bits per heavy atom. The number of carbonyl (C=O) groups is 1. The Morgan fingerprint density at radius 2 is 1.65 bits per heavy atom. The van der Waals surface area contributed by atoms with Gasteiger partial charge in [0.1, 0.15) is 12.4 Å². The Labute approximate surface area is 221 Å². The van der Waals surface area contributed by atoms with E-state index < -0.39 is 0 Å². The van der Waals surface area contributed by atoms with Crippen molar-refractivity contribution in [2.45, 2.75) is 13.5 Å². The van der Waals surface area contributed by atoms with Gasteiger partial charge >= 0.3 is 0 Å². The van der Waals surface area contributed by atoms with E-state index in [1.54, 1.807) is 4.90 Å². The summed E-state index contributed by atoms with van der Waals surface area (Å²) in [5.74, 6) is 0.724. The number of carbonyl (C=O) groups excluding carboxylic acids is 1. The molecule has 1 aliphatic rings. The minimum Gasteiger partial charge on any atom is -0.489 e. The summed E-state index contributed by atoms with van der Waals surface area (Å²) in [6.07, 6.45) is 1.90. The van der Waals surface area contributed by atoms with Crippen molar-refractivity contribution in [1.82, 2.24) is 4.90 Å². The van der Waals surface area contributed by atoms with Crippen LogP contribution >= 0.6 is 11.8 Å². The number of ether oxygens (including phenoxy) is 2. The largest absolute Gasteiger partial charge is 0.489 e. The van der Waals surface area contributed by atoms with Crippen molar-refractivity contribution in [3.8, 4) is 5.75 Å². The molecule has 0 saturated carbocycles. The molecule has 1 saturated heterocycles. The molecule has 1 fully saturated rings. The summed E-state index contributed by atoms with van der Waals surface area (Å²) in [6, 6.07) is 32.1. The first kappa shape index (κ1) is 24.8. The molecule has 0 bridgehead atoms. The lowest BCUT2D eigenvalue weighted by atomic mass is 10.1. The second-order valence-electron chi connectivity index (χ2n) is 8.53. The van der Waals surface area contributed by atoms with Gasteiger partial charge in [0.25, 0.3) is 5.91 Å². The predicted octanol–water partition coefficient (Wildman–Crippen LogP) is 7.06. The van der Waals surface area contributed by atoms with Gasteiger partial charge in [-0.15, -0.1) is 0 Å². The van der Waals surface area contributed by atoms with E-state index in [1.165, 1.54) is 22.5 Å². The maximum atomic E-state index is 13.2. The fourth-order valence-corrected chi connectivity index (χ4v) is 5.03. The maximum absolute atomic E-state index is 13.2. The maximum Gasteiger partial charge on any atom is 0.266 e. The Balaban J connectivity index is 1.28. The highest BCUT2D eigenvalue weighted by Gasteiger charge is 2.33. The Morgan fingerprint density at radius 1 is 0.892 bits per heavy atom. The van der Waals surface area contributed by atoms with Gasteiger partial charge in [-0.05, 0) is 77.0 Å². The summed E-state index contributed by atoms with van der Waals surface area (Å²) in [4.78, 5) is 20.2. The van der Waals surface area contributed by atoms with E-state index in [2.05, 4.69) is 30.3 Å². The molecule has 37 heavy (non-hydrogen) atoms. The topological polar surface area (TPSA) is 51.1 Å². The third kappa shape index (κ3) is 6.28. The summed E-state index contributed by atoms with van der Waals surface area (Å²) in [7, 11) is 0. The molecule has 5 rings (SSSR count). The second-order valence-corrected chi connectivity index (χ2v) is 9.54. The lowest BCUT2D eigenvalue weighted by Crippen LogP contribution is -2.32. The molecule has 1 aliphatic heterocycles. The van der Waals surface area contributed by atoms with Crippen molar-refractivity contribution in [2.75, 3.05) is 19.8 Å². The van der Waals surface area contributed by atoms with Crippen LogP contribution in [-0.2, 0) is 16.1 Å². The molecule has 186 valence electrons. The smallest absolute Gasteiger partial charge is 0.266 e. The van der Waals surface area contributed by atoms with Crippen molar-refractivity contribution in [2.24, 2.45) is 4.99 Å². The highest BCUT2D eigenvalue weighted by atomic mass is 32.2. The van der Waals surface area contributed by atoms with Gasteiger partial charge in [0.05, 0.1) is 23.7 Å². The first-order chi connectivity index (χ1) is 18.2. The number of amidine groups is 1. The number of thioether (sulfide) groups is 1. The van der Waals surface area contributed by atoms with Crippen LogP contribution in [0, 0.1) is 0 Å². The average Bonchev–Trinajstić information content (AvgIpc) is 3.22. The van der Waals surface area contributed by atoms with Crippen molar-refractivity contribution in [3.63, 3.8) is 0 Å². The lowest BCUT2D eigenvalue weighted by Gasteiger charge is -2.15. The zero-order chi connectivity index (χ0) is 25.5. The number of rotatable bonds is 9. The van der Waals surface area contributed by atoms with E-state index in [0.29, 0.717) is 36.4 Å². The number of para-hydroxylation sites is 1. The predicted molar refractivity (Wildman–Crippen MR) is 152 cm³/mol. The Bertz CT molecular complexity index is 1430. The molecule has 0 unspecified atom stereocenters. The minimum atomic E-state index is -0.0592. The van der Waals surface area contributed by atoms with Crippen LogP contribution in [0.2, 0.25) is 0 Å². The molecule has 1 amide bonds. The number of amides is 1. The highest BCUT2D eigenvalue weighted by molar-refractivity contribution is 8.18. The van der Waals surface area contributed by atoms with Gasteiger partial charge < -0.3 is 9.47 Å². The van der Waals surface area contributed by atoms with Gasteiger partial charge in [0, 0.05) is 6.61 Å². The van der Waals surface area contributed by atoms with E-state index in [9.17, 15) is 4.79 Å². The van der Waals surface area contributed by atoms with E-state index >= 15 is 0 Å². The van der Waals surface area contributed by atoms with Crippen LogP contribution in [0.1, 0.15) is 18.1 Å². The molecule has 0 radical (unpaired) electrons. The number of hydrogen-bond donors (Lipinski definition) is 0. The molecular weight excluding hydrogens is 480 g/mol. The van der Waals surface area contributed by atoms with E-state index in [4.69, 9.17) is 14.5 Å². The van der Waals surface area contributed by atoms with E-state index in [1.807, 2.05) is 79.7 Å². The van der Waals surface area contributed by atoms with E-state index in [-0.39, 0.29) is 5.91 Å². The monoisotopic (exact) mass is 508 g/mol. The van der Waals surface area contributed by atoms with Crippen LogP contribution in [0.25, 0.3) is 16.8 Å². The fraction of sp³-hybridized carbons (Fsp3) is 0.161. The first-order valence-electron chi connectivity index (χ1n) is 12.3. The molecule has 0 aliphatic carbocycles. The number of nitrogens with zero attached hydrogens (tertiary/aromatic N) is 2. The van der Waals surface area contributed by atoms with Crippen molar-refractivity contribution in [3.05, 3.63) is 113 Å². The molecule has 0 spiro atoms. The average molecular weight is 509 g/mol. The molecule has 0 atom stereocenters. The number of benzene rings is 4. The summed E-state index contributed by atoms with van der Waals surface area (Å²) in [5.41, 5.74) is 2.86. The third-order valence-electron chi connectivity index (χ3n) is 5.93. The zero-order valence-corrected chi connectivity index (χ0v) is 21.5. The van der Waals surface area contributed by atoms with Crippen LogP contribution in [0.5, 0.6) is 5.75 Å². The van der Waals surface area contributed by atoms with Gasteiger partial charge in [-0.25, -0.2) is 4.99 Å². The van der Waals surface area contributed by atoms with E-state index in [0.717, 1.165) is 22.6 Å². The number of aliphatic imine (C=N–C) groups is 1. The minimum absolute atomic E-state index is 0.0592. The number of hydrogen-bond acceptors (Lipinski definition) is 5. The summed E-state index contributed by atoms with van der Waals surface area (Å²) in [5, 5.41) is 3.09. The summed E-state index contributed by atoms with van der Waals surface area (Å²) in [6.45, 7) is 3.98. The standard InChI is InChI=1S/C31H28N2O3S/c1-2-35-19-18-33-30(34)29(37-31(33)32-27-10-4-3-5-11-27)21-23-13-16-28(17-14-23)36-22-24-12-15-25-8-6-7-9-26(25)20-24/h3-17,20-21H,2,18-19,22H2,1H3/b29-21-,32-31?. The Hall–Kier alpha value is -3.87. The van der Waals surface area contributed by atoms with Gasteiger partial charge in [0.15, 0.2) is 5.17 Å². The van der Waals surface area contributed by atoms with Crippen LogP contribution in [-0.4, -0.2) is 35.7 Å². The normalized spacial score (nSPS) is 15.7. The molecule has 5 nitrogen and oxygen atoms in total. The molecular formula is C31H28N2O3S. The van der Waals surface area contributed by atoms with Crippen LogP contribution < -0.4 is 4.74 Å². The van der Waals surface area contributed by atoms with Gasteiger partial charge in [0.2, 0.25) is 0 Å². The molecule has 1 heterocycles. The van der Waals surface area contributed by atoms with Gasteiger partial charge in [-0.1, -0.05) is 66.7 Å². The molecule has 6 heteroatoms. The summed E-state index contributed by atoms with van der Waals surface area (Å²) >= 11 is 1.39. The van der Waals surface area contributed by atoms with Gasteiger partial charge in [-0.2, -0.15) is 0 Å². The zero-order valence-electron chi connectivity index (χ0n) is 20.7. The fourth-order valence-electron chi connectivity index (χ4n) is 4.01. The highest BCUT2D eigenvalue weighted by Crippen LogP contribution is 2.34. The van der Waals surface area contributed by atoms with Gasteiger partial charge in [-0.3, -0.25) is 9.69 Å². The molecule has 0 N–H and O–H groups in total. The van der Waals surface area contributed by atoms with Crippen molar-refractivity contribution >= 4 is 45.4 Å². The third-order valence-corrected chi connectivity index (χ3v) is 6.94. The first-order valence-corrected chi connectivity index (χ1v) is 13.1. The second kappa shape index (κ2) is 11.9. The Kier molecular flexibility index (Phi) is 7.99. The van der Waals surface area contributed by atoms with Crippen LogP contribution in [0.15, 0.2) is 107 Å². The van der Waals surface area contributed by atoms with Crippen molar-refractivity contribution < 1.29 is 14.3 Å². The quantitative estimate of drug-likeness (QED) is 0.179. The molecule has 4 aromatic carbocycles. The SMILES string of the molecule is CCOCCN1C(=O)/C(=C/c2ccc(OCc3ccc4ccccc4c3)cc2)SC1=Nc1ccccc1. The van der Waals surface area contributed by atoms with Crippen LogP contribution in [0.4, 0.5) is 5.69 Å².